The Labute approximate surface area is 103 Å². The van der Waals surface area contributed by atoms with E-state index in [-0.39, 0.29) is 6.03 Å². The molecule has 0 fully saturated rings. The molecule has 3 nitrogen and oxygen atoms in total. The van der Waals surface area contributed by atoms with Crippen LogP contribution < -0.4 is 10.6 Å². The number of hydrogen-bond acceptors (Lipinski definition) is 1. The van der Waals surface area contributed by atoms with Crippen molar-refractivity contribution in [1.29, 1.82) is 0 Å². The number of rotatable bonds is 3. The minimum Gasteiger partial charge on any atom is -0.314 e. The summed E-state index contributed by atoms with van der Waals surface area (Å²) >= 11 is 0. The summed E-state index contributed by atoms with van der Waals surface area (Å²) in [6.45, 7) is 8.06. The minimum absolute atomic E-state index is 0.206. The first-order valence-corrected chi connectivity index (χ1v) is 5.82. The Morgan fingerprint density at radius 2 is 1.82 bits per heavy atom. The van der Waals surface area contributed by atoms with Crippen molar-refractivity contribution in [2.24, 2.45) is 0 Å². The lowest BCUT2D eigenvalue weighted by atomic mass is 10.1. The van der Waals surface area contributed by atoms with Crippen LogP contribution in [0.4, 0.5) is 10.5 Å². The van der Waals surface area contributed by atoms with Gasteiger partial charge >= 0.3 is 6.03 Å². The van der Waals surface area contributed by atoms with Crippen molar-refractivity contribution in [2.75, 3.05) is 5.32 Å². The Hall–Kier alpha value is -1.77. The van der Waals surface area contributed by atoms with Gasteiger partial charge in [-0.05, 0) is 50.5 Å². The smallest absolute Gasteiger partial charge is 0.314 e. The predicted molar refractivity (Wildman–Crippen MR) is 72.1 cm³/mol. The van der Waals surface area contributed by atoms with Gasteiger partial charge in [0.05, 0.1) is 0 Å². The van der Waals surface area contributed by atoms with Crippen LogP contribution >= 0.6 is 0 Å². The SMILES string of the molecule is CC/C(C)=C/NC(=O)Nc1cc(C)cc(C)c1. The van der Waals surface area contributed by atoms with E-state index in [1.54, 1.807) is 6.20 Å². The quantitative estimate of drug-likeness (QED) is 0.819. The van der Waals surface area contributed by atoms with E-state index >= 15 is 0 Å². The molecule has 0 aliphatic rings. The normalized spacial score (nSPS) is 11.2. The van der Waals surface area contributed by atoms with Crippen LogP contribution in [0.3, 0.4) is 0 Å². The second-order valence-corrected chi connectivity index (χ2v) is 4.32. The Bertz CT molecular complexity index is 416. The van der Waals surface area contributed by atoms with Crippen LogP contribution in [0.25, 0.3) is 0 Å². The van der Waals surface area contributed by atoms with Crippen LogP contribution in [0.2, 0.25) is 0 Å². The molecule has 0 unspecified atom stereocenters. The zero-order chi connectivity index (χ0) is 12.8. The summed E-state index contributed by atoms with van der Waals surface area (Å²) in [5.74, 6) is 0. The van der Waals surface area contributed by atoms with Crippen molar-refractivity contribution in [3.05, 3.63) is 41.1 Å². The zero-order valence-electron chi connectivity index (χ0n) is 10.9. The topological polar surface area (TPSA) is 41.1 Å². The van der Waals surface area contributed by atoms with E-state index in [0.717, 1.165) is 28.8 Å². The molecule has 0 spiro atoms. The summed E-state index contributed by atoms with van der Waals surface area (Å²) in [4.78, 5) is 11.6. The molecule has 1 aromatic carbocycles. The molecular formula is C14H20N2O. The standard InChI is InChI=1S/C14H20N2O/c1-5-10(2)9-15-14(17)16-13-7-11(3)6-12(4)8-13/h6-9H,5H2,1-4H3,(H2,15,16,17)/b10-9+. The number of urea groups is 1. The van der Waals surface area contributed by atoms with Gasteiger partial charge in [-0.1, -0.05) is 18.6 Å². The molecule has 0 aliphatic carbocycles. The van der Waals surface area contributed by atoms with E-state index in [4.69, 9.17) is 0 Å². The summed E-state index contributed by atoms with van der Waals surface area (Å²) in [6, 6.07) is 5.76. The van der Waals surface area contributed by atoms with Gasteiger partial charge in [0.2, 0.25) is 0 Å². The molecule has 0 heterocycles. The molecule has 2 N–H and O–H groups in total. The van der Waals surface area contributed by atoms with Gasteiger partial charge in [-0.2, -0.15) is 0 Å². The lowest BCUT2D eigenvalue weighted by Crippen LogP contribution is -2.24. The summed E-state index contributed by atoms with van der Waals surface area (Å²) < 4.78 is 0. The molecule has 0 radical (unpaired) electrons. The van der Waals surface area contributed by atoms with Gasteiger partial charge in [0, 0.05) is 11.9 Å². The summed E-state index contributed by atoms with van der Waals surface area (Å²) in [5, 5.41) is 5.52. The van der Waals surface area contributed by atoms with Crippen LogP contribution in [0.1, 0.15) is 31.4 Å². The van der Waals surface area contributed by atoms with E-state index in [1.165, 1.54) is 0 Å². The maximum atomic E-state index is 11.6. The van der Waals surface area contributed by atoms with E-state index < -0.39 is 0 Å². The summed E-state index contributed by atoms with van der Waals surface area (Å²) in [7, 11) is 0. The number of amides is 2. The molecule has 92 valence electrons. The predicted octanol–water partition coefficient (Wildman–Crippen LogP) is 3.74. The van der Waals surface area contributed by atoms with Crippen LogP contribution in [0, 0.1) is 13.8 Å². The first kappa shape index (κ1) is 13.3. The third-order valence-electron chi connectivity index (χ3n) is 2.49. The second-order valence-electron chi connectivity index (χ2n) is 4.32. The third-order valence-corrected chi connectivity index (χ3v) is 2.49. The van der Waals surface area contributed by atoms with Crippen molar-refractivity contribution >= 4 is 11.7 Å². The van der Waals surface area contributed by atoms with Gasteiger partial charge in [0.1, 0.15) is 0 Å². The average Bonchev–Trinajstić information content (AvgIpc) is 2.24. The highest BCUT2D eigenvalue weighted by molar-refractivity contribution is 5.90. The van der Waals surface area contributed by atoms with Gasteiger partial charge in [0.15, 0.2) is 0 Å². The number of anilines is 1. The Morgan fingerprint density at radius 1 is 1.24 bits per heavy atom. The Kier molecular flexibility index (Phi) is 4.76. The molecule has 1 rings (SSSR count). The Morgan fingerprint density at radius 3 is 2.35 bits per heavy atom. The number of benzene rings is 1. The fourth-order valence-corrected chi connectivity index (χ4v) is 1.50. The van der Waals surface area contributed by atoms with Crippen molar-refractivity contribution in [3.63, 3.8) is 0 Å². The monoisotopic (exact) mass is 232 g/mol. The number of aryl methyl sites for hydroxylation is 2. The van der Waals surface area contributed by atoms with Gasteiger partial charge in [-0.15, -0.1) is 0 Å². The fourth-order valence-electron chi connectivity index (χ4n) is 1.50. The Balaban J connectivity index is 2.62. The lowest BCUT2D eigenvalue weighted by Gasteiger charge is -2.07. The largest absolute Gasteiger partial charge is 0.323 e. The highest BCUT2D eigenvalue weighted by Crippen LogP contribution is 2.13. The van der Waals surface area contributed by atoms with Gasteiger partial charge in [-0.3, -0.25) is 0 Å². The summed E-state index contributed by atoms with van der Waals surface area (Å²) in [5.41, 5.74) is 4.24. The fraction of sp³-hybridized carbons (Fsp3) is 0.357. The number of nitrogens with one attached hydrogen (secondary N) is 2. The minimum atomic E-state index is -0.206. The third kappa shape index (κ3) is 4.72. The molecular weight excluding hydrogens is 212 g/mol. The molecule has 0 saturated carbocycles. The summed E-state index contributed by atoms with van der Waals surface area (Å²) in [6.07, 6.45) is 2.67. The average molecular weight is 232 g/mol. The van der Waals surface area contributed by atoms with Gasteiger partial charge in [0.25, 0.3) is 0 Å². The zero-order valence-corrected chi connectivity index (χ0v) is 10.9. The number of hydrogen-bond donors (Lipinski definition) is 2. The second kappa shape index (κ2) is 6.09. The lowest BCUT2D eigenvalue weighted by molar-refractivity contribution is 0.255. The van der Waals surface area contributed by atoms with E-state index in [2.05, 4.69) is 23.6 Å². The van der Waals surface area contributed by atoms with Crippen molar-refractivity contribution in [2.45, 2.75) is 34.1 Å². The molecule has 0 aliphatic heterocycles. The highest BCUT2D eigenvalue weighted by Gasteiger charge is 2.00. The van der Waals surface area contributed by atoms with Crippen LogP contribution in [0.15, 0.2) is 30.0 Å². The molecule has 0 bridgehead atoms. The number of carbonyl (C=O) groups is 1. The van der Waals surface area contributed by atoms with E-state index in [1.807, 2.05) is 32.9 Å². The number of allylic oxidation sites excluding steroid dienone is 1. The molecule has 2 amide bonds. The van der Waals surface area contributed by atoms with Gasteiger partial charge < -0.3 is 10.6 Å². The maximum Gasteiger partial charge on any atom is 0.323 e. The molecule has 0 aromatic heterocycles. The van der Waals surface area contributed by atoms with Crippen molar-refractivity contribution in [3.8, 4) is 0 Å². The first-order chi connectivity index (χ1) is 8.01. The van der Waals surface area contributed by atoms with Gasteiger partial charge in [-0.25, -0.2) is 4.79 Å². The molecule has 17 heavy (non-hydrogen) atoms. The first-order valence-electron chi connectivity index (χ1n) is 5.82. The van der Waals surface area contributed by atoms with Crippen LogP contribution in [0.5, 0.6) is 0 Å². The highest BCUT2D eigenvalue weighted by atomic mass is 16.2. The van der Waals surface area contributed by atoms with Crippen molar-refractivity contribution in [1.82, 2.24) is 5.32 Å². The molecule has 0 atom stereocenters. The molecule has 0 saturated heterocycles. The maximum absolute atomic E-state index is 11.6. The van der Waals surface area contributed by atoms with Crippen LogP contribution in [-0.2, 0) is 0 Å². The molecule has 1 aromatic rings. The molecule has 3 heteroatoms. The van der Waals surface area contributed by atoms with Crippen LogP contribution in [-0.4, -0.2) is 6.03 Å². The number of carbonyl (C=O) groups excluding carboxylic acids is 1. The van der Waals surface area contributed by atoms with E-state index in [0.29, 0.717) is 0 Å². The van der Waals surface area contributed by atoms with E-state index in [9.17, 15) is 4.79 Å². The van der Waals surface area contributed by atoms with Crippen molar-refractivity contribution < 1.29 is 4.79 Å².